The van der Waals surface area contributed by atoms with Crippen LogP contribution in [0.15, 0.2) is 36.4 Å². The Bertz CT molecular complexity index is 729. The van der Waals surface area contributed by atoms with E-state index in [2.05, 4.69) is 23.9 Å². The maximum Gasteiger partial charge on any atom is 0.322 e. The smallest absolute Gasteiger partial charge is 0.314 e. The molecule has 2 rings (SSSR count). The van der Waals surface area contributed by atoms with Crippen LogP contribution >= 0.6 is 0 Å². The van der Waals surface area contributed by atoms with Gasteiger partial charge in [0.25, 0.3) is 0 Å². The summed E-state index contributed by atoms with van der Waals surface area (Å²) in [5, 5.41) is 2.82. The van der Waals surface area contributed by atoms with Crippen molar-refractivity contribution in [3.63, 3.8) is 0 Å². The molecule has 0 aromatic heterocycles. The average molecular weight is 352 g/mol. The van der Waals surface area contributed by atoms with E-state index in [9.17, 15) is 13.2 Å². The molecule has 132 valence electrons. The van der Waals surface area contributed by atoms with Crippen molar-refractivity contribution < 1.29 is 13.2 Å². The topological polar surface area (TPSA) is 81.8 Å². The fourth-order valence-electron chi connectivity index (χ4n) is 2.44. The number of anilines is 2. The van der Waals surface area contributed by atoms with Gasteiger partial charge in [0, 0.05) is 26.3 Å². The lowest BCUT2D eigenvalue weighted by atomic mass is 10.1. The third-order valence-electron chi connectivity index (χ3n) is 3.78. The van der Waals surface area contributed by atoms with Crippen molar-refractivity contribution >= 4 is 27.6 Å². The molecule has 1 atom stereocenters. The van der Waals surface area contributed by atoms with Crippen LogP contribution in [0.2, 0.25) is 0 Å². The minimum Gasteiger partial charge on any atom is -0.314 e. The quantitative estimate of drug-likeness (QED) is 0.798. The zero-order valence-corrected chi connectivity index (χ0v) is 15.2. The van der Waals surface area contributed by atoms with Gasteiger partial charge in [-0.25, -0.2) is 4.79 Å². The van der Waals surface area contributed by atoms with E-state index in [1.165, 1.54) is 14.1 Å². The fraction of sp³-hybridized carbons (Fsp3) is 0.438. The number of urea groups is 1. The second kappa shape index (κ2) is 7.23. The highest BCUT2D eigenvalue weighted by atomic mass is 32.2. The number of carbonyl (C=O) groups is 1. The van der Waals surface area contributed by atoms with Crippen LogP contribution in [0.1, 0.15) is 13.8 Å². The summed E-state index contributed by atoms with van der Waals surface area (Å²) in [7, 11) is -0.692. The van der Waals surface area contributed by atoms with E-state index >= 15 is 0 Å². The van der Waals surface area contributed by atoms with Gasteiger partial charge < -0.3 is 10.2 Å². The summed E-state index contributed by atoms with van der Waals surface area (Å²) in [6.45, 7) is 4.70. The van der Waals surface area contributed by atoms with Gasteiger partial charge in [0.1, 0.15) is 0 Å². The molecule has 1 heterocycles. The van der Waals surface area contributed by atoms with Gasteiger partial charge in [-0.05, 0) is 24.1 Å². The first kappa shape index (κ1) is 18.3. The van der Waals surface area contributed by atoms with E-state index in [1.54, 1.807) is 29.2 Å². The highest BCUT2D eigenvalue weighted by molar-refractivity contribution is 7.90. The highest BCUT2D eigenvalue weighted by Crippen LogP contribution is 2.21. The van der Waals surface area contributed by atoms with Crippen molar-refractivity contribution in [3.05, 3.63) is 36.4 Å². The zero-order chi connectivity index (χ0) is 17.9. The molecule has 1 aliphatic heterocycles. The lowest BCUT2D eigenvalue weighted by Gasteiger charge is -2.27. The Labute approximate surface area is 143 Å². The molecule has 0 spiro atoms. The zero-order valence-electron chi connectivity index (χ0n) is 14.4. The number of carbonyl (C=O) groups excluding carboxylic acids is 1. The van der Waals surface area contributed by atoms with Crippen LogP contribution in [0.4, 0.5) is 16.2 Å². The molecule has 1 aromatic rings. The van der Waals surface area contributed by atoms with E-state index in [4.69, 9.17) is 0 Å². The van der Waals surface area contributed by atoms with E-state index in [0.717, 1.165) is 4.31 Å². The van der Waals surface area contributed by atoms with Gasteiger partial charge >= 0.3 is 16.2 Å². The van der Waals surface area contributed by atoms with Gasteiger partial charge in [0.2, 0.25) is 0 Å². The molecule has 8 heteroatoms. The molecule has 2 amide bonds. The molecular formula is C16H24N4O3S. The van der Waals surface area contributed by atoms with Gasteiger partial charge in [-0.1, -0.05) is 32.1 Å². The summed E-state index contributed by atoms with van der Waals surface area (Å²) in [6.07, 6.45) is 4.01. The molecule has 1 aromatic carbocycles. The van der Waals surface area contributed by atoms with E-state index in [0.29, 0.717) is 23.8 Å². The van der Waals surface area contributed by atoms with Gasteiger partial charge in [0.15, 0.2) is 0 Å². The SMILES string of the molecule is CC(C)C1C=CCN1C(=O)Nc1cccc(NS(=O)(=O)N(C)C)c1. The number of nitrogens with one attached hydrogen (secondary N) is 2. The molecular weight excluding hydrogens is 328 g/mol. The summed E-state index contributed by atoms with van der Waals surface area (Å²) in [5.41, 5.74) is 0.926. The molecule has 0 saturated heterocycles. The second-order valence-electron chi connectivity index (χ2n) is 6.22. The number of amides is 2. The first-order valence-corrected chi connectivity index (χ1v) is 9.19. The lowest BCUT2D eigenvalue weighted by Crippen LogP contribution is -2.41. The number of hydrogen-bond acceptors (Lipinski definition) is 3. The van der Waals surface area contributed by atoms with Crippen LogP contribution in [-0.2, 0) is 10.2 Å². The Kier molecular flexibility index (Phi) is 5.51. The molecule has 24 heavy (non-hydrogen) atoms. The molecule has 7 nitrogen and oxygen atoms in total. The monoisotopic (exact) mass is 352 g/mol. The average Bonchev–Trinajstić information content (AvgIpc) is 2.96. The van der Waals surface area contributed by atoms with Crippen LogP contribution in [0.5, 0.6) is 0 Å². The summed E-state index contributed by atoms with van der Waals surface area (Å²) in [4.78, 5) is 14.2. The van der Waals surface area contributed by atoms with Gasteiger partial charge in [-0.2, -0.15) is 12.7 Å². The third-order valence-corrected chi connectivity index (χ3v) is 5.24. The minimum atomic E-state index is -3.58. The van der Waals surface area contributed by atoms with Crippen molar-refractivity contribution in [2.24, 2.45) is 5.92 Å². The van der Waals surface area contributed by atoms with Crippen LogP contribution in [0.25, 0.3) is 0 Å². The molecule has 0 radical (unpaired) electrons. The standard InChI is InChI=1S/C16H24N4O3S/c1-12(2)15-9-6-10-20(15)16(21)17-13-7-5-8-14(11-13)18-24(22,23)19(3)4/h5-9,11-12,15,18H,10H2,1-4H3,(H,17,21). The first-order valence-electron chi connectivity index (χ1n) is 7.75. The van der Waals surface area contributed by atoms with Crippen molar-refractivity contribution in [2.45, 2.75) is 19.9 Å². The summed E-state index contributed by atoms with van der Waals surface area (Å²) in [6, 6.07) is 6.49. The predicted octanol–water partition coefficient (Wildman–Crippen LogP) is 2.33. The summed E-state index contributed by atoms with van der Waals surface area (Å²) in [5.74, 6) is 0.327. The van der Waals surface area contributed by atoms with Crippen molar-refractivity contribution in [2.75, 3.05) is 30.7 Å². The summed E-state index contributed by atoms with van der Waals surface area (Å²) >= 11 is 0. The van der Waals surface area contributed by atoms with Gasteiger partial charge in [0.05, 0.1) is 11.7 Å². The van der Waals surface area contributed by atoms with Crippen LogP contribution in [0.3, 0.4) is 0 Å². The number of benzene rings is 1. The Balaban J connectivity index is 2.08. The second-order valence-corrected chi connectivity index (χ2v) is 8.10. The Morgan fingerprint density at radius 2 is 1.96 bits per heavy atom. The van der Waals surface area contributed by atoms with Crippen LogP contribution < -0.4 is 10.0 Å². The normalized spacial score (nSPS) is 17.6. The van der Waals surface area contributed by atoms with E-state index in [-0.39, 0.29) is 12.1 Å². The first-order chi connectivity index (χ1) is 11.2. The molecule has 2 N–H and O–H groups in total. The minimum absolute atomic E-state index is 0.0698. The number of hydrogen-bond donors (Lipinski definition) is 2. The van der Waals surface area contributed by atoms with Gasteiger partial charge in [-0.3, -0.25) is 4.72 Å². The fourth-order valence-corrected chi connectivity index (χ4v) is 3.04. The molecule has 0 saturated carbocycles. The van der Waals surface area contributed by atoms with Crippen LogP contribution in [0, 0.1) is 5.92 Å². The maximum absolute atomic E-state index is 12.5. The van der Waals surface area contributed by atoms with E-state index in [1.807, 2.05) is 12.2 Å². The van der Waals surface area contributed by atoms with Gasteiger partial charge in [-0.15, -0.1) is 0 Å². The Hall–Kier alpha value is -2.06. The predicted molar refractivity (Wildman–Crippen MR) is 96.2 cm³/mol. The molecule has 0 fully saturated rings. The number of nitrogens with zero attached hydrogens (tertiary/aromatic N) is 2. The Morgan fingerprint density at radius 3 is 2.58 bits per heavy atom. The molecule has 1 aliphatic rings. The molecule has 0 bridgehead atoms. The van der Waals surface area contributed by atoms with Crippen LogP contribution in [-0.4, -0.2) is 50.3 Å². The number of rotatable bonds is 5. The van der Waals surface area contributed by atoms with E-state index < -0.39 is 10.2 Å². The maximum atomic E-state index is 12.5. The van der Waals surface area contributed by atoms with Crippen molar-refractivity contribution in [1.29, 1.82) is 0 Å². The largest absolute Gasteiger partial charge is 0.322 e. The molecule has 1 unspecified atom stereocenters. The van der Waals surface area contributed by atoms with Crippen molar-refractivity contribution in [3.8, 4) is 0 Å². The highest BCUT2D eigenvalue weighted by Gasteiger charge is 2.27. The Morgan fingerprint density at radius 1 is 1.29 bits per heavy atom. The summed E-state index contributed by atoms with van der Waals surface area (Å²) < 4.78 is 27.3. The molecule has 0 aliphatic carbocycles. The van der Waals surface area contributed by atoms with Crippen molar-refractivity contribution in [1.82, 2.24) is 9.21 Å². The lowest BCUT2D eigenvalue weighted by molar-refractivity contribution is 0.199. The third kappa shape index (κ3) is 4.27.